The second-order valence-corrected chi connectivity index (χ2v) is 5.15. The van der Waals surface area contributed by atoms with Crippen molar-refractivity contribution in [1.82, 2.24) is 10.2 Å². The van der Waals surface area contributed by atoms with Gasteiger partial charge in [0.2, 0.25) is 5.13 Å². The average Bonchev–Trinajstić information content (AvgIpc) is 2.84. The summed E-state index contributed by atoms with van der Waals surface area (Å²) < 4.78 is 5.31. The predicted molar refractivity (Wildman–Crippen MR) is 74.9 cm³/mol. The van der Waals surface area contributed by atoms with Crippen molar-refractivity contribution in [2.75, 3.05) is 11.9 Å². The number of carbonyl (C=O) groups excluding carboxylic acids is 1. The first-order valence-electron chi connectivity index (χ1n) is 5.68. The Kier molecular flexibility index (Phi) is 4.70. The summed E-state index contributed by atoms with van der Waals surface area (Å²) in [5.74, 6) is 0.271. The maximum Gasteiger partial charge on any atom is 0.264 e. The molecule has 1 aromatic heterocycles. The van der Waals surface area contributed by atoms with Gasteiger partial charge in [-0.2, -0.15) is 0 Å². The predicted octanol–water partition coefficient (Wildman–Crippen LogP) is 2.77. The summed E-state index contributed by atoms with van der Waals surface area (Å²) in [6, 6.07) is 6.88. The van der Waals surface area contributed by atoms with E-state index in [1.54, 1.807) is 24.3 Å². The summed E-state index contributed by atoms with van der Waals surface area (Å²) >= 11 is 7.17. The van der Waals surface area contributed by atoms with Crippen molar-refractivity contribution in [2.24, 2.45) is 0 Å². The molecule has 0 saturated heterocycles. The Balaban J connectivity index is 1.84. The molecule has 0 bridgehead atoms. The molecule has 0 aliphatic heterocycles. The Labute approximate surface area is 119 Å². The molecule has 1 N–H and O–H groups in total. The lowest BCUT2D eigenvalue weighted by Crippen LogP contribution is -2.20. The third-order valence-electron chi connectivity index (χ3n) is 2.18. The lowest BCUT2D eigenvalue weighted by molar-refractivity contribution is -0.118. The molecule has 19 heavy (non-hydrogen) atoms. The molecule has 5 nitrogen and oxygen atoms in total. The van der Waals surface area contributed by atoms with Crippen LogP contribution < -0.4 is 10.1 Å². The van der Waals surface area contributed by atoms with Crippen LogP contribution in [0.25, 0.3) is 0 Å². The van der Waals surface area contributed by atoms with Crippen LogP contribution in [0, 0.1) is 0 Å². The van der Waals surface area contributed by atoms with Crippen molar-refractivity contribution < 1.29 is 9.53 Å². The van der Waals surface area contributed by atoms with Gasteiger partial charge in [-0.3, -0.25) is 10.1 Å². The molecule has 1 heterocycles. The minimum absolute atomic E-state index is 0.0959. The molecule has 100 valence electrons. The van der Waals surface area contributed by atoms with E-state index in [1.165, 1.54) is 11.3 Å². The van der Waals surface area contributed by atoms with Gasteiger partial charge in [-0.1, -0.05) is 35.9 Å². The number of rotatable bonds is 5. The monoisotopic (exact) mass is 297 g/mol. The van der Waals surface area contributed by atoms with E-state index in [1.807, 2.05) is 6.92 Å². The number of ether oxygens (including phenoxy) is 1. The van der Waals surface area contributed by atoms with Gasteiger partial charge >= 0.3 is 0 Å². The highest BCUT2D eigenvalue weighted by Crippen LogP contribution is 2.18. The van der Waals surface area contributed by atoms with Crippen molar-refractivity contribution in [1.29, 1.82) is 0 Å². The number of amides is 1. The Bertz CT molecular complexity index is 574. The van der Waals surface area contributed by atoms with Crippen molar-refractivity contribution in [3.8, 4) is 5.75 Å². The van der Waals surface area contributed by atoms with Crippen LogP contribution in [0.15, 0.2) is 24.3 Å². The van der Waals surface area contributed by atoms with E-state index >= 15 is 0 Å². The van der Waals surface area contributed by atoms with Gasteiger partial charge in [-0.25, -0.2) is 0 Å². The van der Waals surface area contributed by atoms with E-state index in [0.717, 1.165) is 11.4 Å². The van der Waals surface area contributed by atoms with E-state index in [4.69, 9.17) is 16.3 Å². The Morgan fingerprint density at radius 3 is 3.00 bits per heavy atom. The summed E-state index contributed by atoms with van der Waals surface area (Å²) in [5.41, 5.74) is 0. The molecule has 0 radical (unpaired) electrons. The number of nitrogens with one attached hydrogen (secondary N) is 1. The quantitative estimate of drug-likeness (QED) is 0.921. The summed E-state index contributed by atoms with van der Waals surface area (Å²) in [6.45, 7) is 1.88. The van der Waals surface area contributed by atoms with E-state index in [0.29, 0.717) is 15.9 Å². The lowest BCUT2D eigenvalue weighted by Gasteiger charge is -2.05. The number of benzene rings is 1. The van der Waals surface area contributed by atoms with Gasteiger partial charge in [0.05, 0.1) is 0 Å². The topological polar surface area (TPSA) is 64.1 Å². The highest BCUT2D eigenvalue weighted by molar-refractivity contribution is 7.15. The first kappa shape index (κ1) is 13.8. The molecule has 0 aliphatic rings. The second-order valence-electron chi connectivity index (χ2n) is 3.65. The third kappa shape index (κ3) is 4.18. The molecule has 0 atom stereocenters. The average molecular weight is 298 g/mol. The van der Waals surface area contributed by atoms with Gasteiger partial charge in [-0.15, -0.1) is 10.2 Å². The highest BCUT2D eigenvalue weighted by Gasteiger charge is 2.08. The minimum Gasteiger partial charge on any atom is -0.484 e. The van der Waals surface area contributed by atoms with Crippen molar-refractivity contribution in [3.63, 3.8) is 0 Å². The zero-order chi connectivity index (χ0) is 13.7. The van der Waals surface area contributed by atoms with Crippen LogP contribution in [0.2, 0.25) is 5.02 Å². The molecule has 0 spiro atoms. The molecule has 0 unspecified atom stereocenters. The number of hydrogen-bond acceptors (Lipinski definition) is 5. The van der Waals surface area contributed by atoms with Crippen LogP contribution in [0.3, 0.4) is 0 Å². The van der Waals surface area contributed by atoms with E-state index in [-0.39, 0.29) is 12.5 Å². The summed E-state index contributed by atoms with van der Waals surface area (Å²) in [5, 5.41) is 12.3. The number of aromatic nitrogens is 2. The Morgan fingerprint density at radius 2 is 2.32 bits per heavy atom. The number of hydrogen-bond donors (Lipinski definition) is 1. The standard InChI is InChI=1S/C12H12ClN3O2S/c1-2-11-15-16-12(19-11)14-10(17)7-18-9-5-3-4-8(13)6-9/h3-6H,2,7H2,1H3,(H,14,16,17). The number of halogens is 1. The van der Waals surface area contributed by atoms with Gasteiger partial charge in [-0.05, 0) is 24.6 Å². The highest BCUT2D eigenvalue weighted by atomic mass is 35.5. The Hall–Kier alpha value is -1.66. The second kappa shape index (κ2) is 6.49. The van der Waals surface area contributed by atoms with Crippen LogP contribution in [0.5, 0.6) is 5.75 Å². The molecule has 2 rings (SSSR count). The van der Waals surface area contributed by atoms with Gasteiger partial charge in [0.25, 0.3) is 5.91 Å². The van der Waals surface area contributed by atoms with Crippen LogP contribution in [-0.4, -0.2) is 22.7 Å². The molecule has 1 aromatic carbocycles. The van der Waals surface area contributed by atoms with Crippen LogP contribution in [0.4, 0.5) is 5.13 Å². The fourth-order valence-corrected chi connectivity index (χ4v) is 2.18. The molecule has 2 aromatic rings. The van der Waals surface area contributed by atoms with E-state index in [9.17, 15) is 4.79 Å². The lowest BCUT2D eigenvalue weighted by atomic mass is 10.3. The molecular formula is C12H12ClN3O2S. The smallest absolute Gasteiger partial charge is 0.264 e. The zero-order valence-electron chi connectivity index (χ0n) is 10.2. The van der Waals surface area contributed by atoms with Crippen molar-refractivity contribution >= 4 is 34.0 Å². The fourth-order valence-electron chi connectivity index (χ4n) is 1.31. The van der Waals surface area contributed by atoms with Gasteiger partial charge in [0.1, 0.15) is 10.8 Å². The molecule has 0 aliphatic carbocycles. The maximum absolute atomic E-state index is 11.6. The number of aryl methyl sites for hydroxylation is 1. The zero-order valence-corrected chi connectivity index (χ0v) is 11.8. The fraction of sp³-hybridized carbons (Fsp3) is 0.250. The van der Waals surface area contributed by atoms with E-state index < -0.39 is 0 Å². The summed E-state index contributed by atoms with van der Waals surface area (Å²) in [7, 11) is 0. The Morgan fingerprint density at radius 1 is 1.47 bits per heavy atom. The van der Waals surface area contributed by atoms with Gasteiger partial charge in [0, 0.05) is 5.02 Å². The largest absolute Gasteiger partial charge is 0.484 e. The molecule has 0 fully saturated rings. The first-order valence-corrected chi connectivity index (χ1v) is 6.87. The normalized spacial score (nSPS) is 10.2. The van der Waals surface area contributed by atoms with Gasteiger partial charge < -0.3 is 4.74 Å². The number of anilines is 1. The molecule has 1 amide bonds. The van der Waals surface area contributed by atoms with Gasteiger partial charge in [0.15, 0.2) is 6.61 Å². The van der Waals surface area contributed by atoms with Crippen LogP contribution in [0.1, 0.15) is 11.9 Å². The summed E-state index contributed by atoms with van der Waals surface area (Å²) in [6.07, 6.45) is 0.798. The minimum atomic E-state index is -0.279. The van der Waals surface area contributed by atoms with Crippen LogP contribution >= 0.6 is 22.9 Å². The van der Waals surface area contributed by atoms with Crippen molar-refractivity contribution in [3.05, 3.63) is 34.3 Å². The molecule has 0 saturated carbocycles. The van der Waals surface area contributed by atoms with Crippen molar-refractivity contribution in [2.45, 2.75) is 13.3 Å². The maximum atomic E-state index is 11.6. The number of nitrogens with zero attached hydrogens (tertiary/aromatic N) is 2. The SMILES string of the molecule is CCc1nnc(NC(=O)COc2cccc(Cl)c2)s1. The molecular weight excluding hydrogens is 286 g/mol. The van der Waals surface area contributed by atoms with Crippen LogP contribution in [-0.2, 0) is 11.2 Å². The third-order valence-corrected chi connectivity index (χ3v) is 3.40. The van der Waals surface area contributed by atoms with E-state index in [2.05, 4.69) is 15.5 Å². The molecule has 7 heteroatoms. The summed E-state index contributed by atoms with van der Waals surface area (Å²) in [4.78, 5) is 11.6. The first-order chi connectivity index (χ1) is 9.17. The number of carbonyl (C=O) groups is 1.